The van der Waals surface area contributed by atoms with Crippen LogP contribution in [0.4, 0.5) is 4.39 Å². The van der Waals surface area contributed by atoms with Gasteiger partial charge >= 0.3 is 5.69 Å². The number of halogens is 1. The van der Waals surface area contributed by atoms with Crippen molar-refractivity contribution in [2.24, 2.45) is 5.41 Å². The van der Waals surface area contributed by atoms with Crippen LogP contribution >= 0.6 is 0 Å². The van der Waals surface area contributed by atoms with Crippen LogP contribution < -0.4 is 11.2 Å². The van der Waals surface area contributed by atoms with Gasteiger partial charge in [0.2, 0.25) is 5.82 Å². The summed E-state index contributed by atoms with van der Waals surface area (Å²) in [5.74, 6) is -1.23. The second-order valence-electron chi connectivity index (χ2n) is 5.96. The molecule has 1 aromatic rings. The molecule has 1 saturated heterocycles. The molecular weight excluding hydrogens is 287 g/mol. The molecule has 21 heavy (non-hydrogen) atoms. The van der Waals surface area contributed by atoms with E-state index in [1.54, 1.807) is 4.98 Å². The maximum Gasteiger partial charge on any atom is 0.330 e. The van der Waals surface area contributed by atoms with E-state index in [0.717, 1.165) is 0 Å². The molecule has 0 unspecified atom stereocenters. The summed E-state index contributed by atoms with van der Waals surface area (Å²) in [5, 5.41) is 30.5. The first-order valence-corrected chi connectivity index (χ1v) is 6.35. The minimum absolute atomic E-state index is 0.584. The Morgan fingerprint density at radius 2 is 2.00 bits per heavy atom. The summed E-state index contributed by atoms with van der Waals surface area (Å²) in [6, 6.07) is 0. The standard InChI is InChI=1S/C12H15FN2O6/c1-10(2)11(19)6(4-16)21-8(12(10,11)20)15-3-5(13)7(17)14-9(15)18/h3,6,8,16,19-20H,4H2,1-2H3,(H,14,17,18)/t6-,8-,11+,12-/m1/s1. The highest BCUT2D eigenvalue weighted by atomic mass is 19.1. The van der Waals surface area contributed by atoms with Crippen molar-refractivity contribution in [2.45, 2.75) is 37.4 Å². The second-order valence-corrected chi connectivity index (χ2v) is 5.96. The summed E-state index contributed by atoms with van der Waals surface area (Å²) in [6.07, 6.45) is -1.95. The highest BCUT2D eigenvalue weighted by Crippen LogP contribution is 2.75. The normalized spacial score (nSPS) is 40.1. The predicted octanol–water partition coefficient (Wildman–Crippen LogP) is -1.93. The molecule has 1 aliphatic heterocycles. The minimum Gasteiger partial charge on any atom is -0.394 e. The number of aliphatic hydroxyl groups excluding tert-OH is 1. The Balaban J connectivity index is 2.16. The van der Waals surface area contributed by atoms with Crippen LogP contribution in [0.1, 0.15) is 20.1 Å². The van der Waals surface area contributed by atoms with Crippen molar-refractivity contribution in [2.75, 3.05) is 6.61 Å². The van der Waals surface area contributed by atoms with Crippen molar-refractivity contribution in [3.05, 3.63) is 32.9 Å². The maximum atomic E-state index is 13.4. The Hall–Kier alpha value is -1.55. The van der Waals surface area contributed by atoms with Crippen molar-refractivity contribution < 1.29 is 24.4 Å². The van der Waals surface area contributed by atoms with Gasteiger partial charge in [-0.2, -0.15) is 4.39 Å². The monoisotopic (exact) mass is 302 g/mol. The number of hydrogen-bond donors (Lipinski definition) is 4. The molecule has 1 aromatic heterocycles. The summed E-state index contributed by atoms with van der Waals surface area (Å²) >= 11 is 0. The average molecular weight is 302 g/mol. The first-order chi connectivity index (χ1) is 9.62. The van der Waals surface area contributed by atoms with Gasteiger partial charge in [0.05, 0.1) is 12.8 Å². The van der Waals surface area contributed by atoms with Gasteiger partial charge in [0.1, 0.15) is 17.3 Å². The van der Waals surface area contributed by atoms with Crippen molar-refractivity contribution >= 4 is 0 Å². The molecule has 4 N–H and O–H groups in total. The van der Waals surface area contributed by atoms with Crippen molar-refractivity contribution in [1.82, 2.24) is 9.55 Å². The quantitative estimate of drug-likeness (QED) is 0.504. The Kier molecular flexibility index (Phi) is 2.60. The van der Waals surface area contributed by atoms with Crippen molar-refractivity contribution in [1.29, 1.82) is 0 Å². The molecule has 0 radical (unpaired) electrons. The summed E-state index contributed by atoms with van der Waals surface area (Å²) in [6.45, 7) is 2.50. The number of H-pyrrole nitrogens is 1. The fourth-order valence-electron chi connectivity index (χ4n) is 3.47. The highest BCUT2D eigenvalue weighted by Gasteiger charge is 2.92. The lowest BCUT2D eigenvalue weighted by molar-refractivity contribution is -0.126. The Morgan fingerprint density at radius 1 is 1.38 bits per heavy atom. The lowest BCUT2D eigenvalue weighted by Crippen LogP contribution is -2.41. The highest BCUT2D eigenvalue weighted by molar-refractivity contribution is 5.39. The SMILES string of the molecule is CC1(C)[C@]2(O)[C@H](n3cc(F)c(=O)[nH]c3=O)O[C@H](CO)[C@]12O. The molecule has 116 valence electrons. The van der Waals surface area contributed by atoms with Gasteiger partial charge in [-0.05, 0) is 0 Å². The van der Waals surface area contributed by atoms with Crippen molar-refractivity contribution in [3.63, 3.8) is 0 Å². The van der Waals surface area contributed by atoms with E-state index in [1.807, 2.05) is 0 Å². The van der Waals surface area contributed by atoms with Crippen LogP contribution in [0.25, 0.3) is 0 Å². The second kappa shape index (κ2) is 3.80. The third-order valence-corrected chi connectivity index (χ3v) is 4.88. The van der Waals surface area contributed by atoms with E-state index in [1.165, 1.54) is 13.8 Å². The number of aliphatic hydroxyl groups is 3. The van der Waals surface area contributed by atoms with Crippen LogP contribution in [-0.2, 0) is 4.74 Å². The third kappa shape index (κ3) is 1.32. The molecule has 2 heterocycles. The Bertz CT molecular complexity index is 727. The van der Waals surface area contributed by atoms with Crippen LogP contribution in [-0.4, -0.2) is 48.8 Å². The Morgan fingerprint density at radius 3 is 2.52 bits per heavy atom. The fraction of sp³-hybridized carbons (Fsp3) is 0.667. The number of hydrogen-bond acceptors (Lipinski definition) is 6. The largest absolute Gasteiger partial charge is 0.394 e. The van der Waals surface area contributed by atoms with Gasteiger partial charge in [-0.1, -0.05) is 13.8 Å². The summed E-state index contributed by atoms with van der Waals surface area (Å²) in [4.78, 5) is 24.6. The first kappa shape index (κ1) is 14.4. The lowest BCUT2D eigenvalue weighted by Gasteiger charge is -2.27. The molecule has 0 amide bonds. The van der Waals surface area contributed by atoms with Gasteiger partial charge in [-0.25, -0.2) is 4.79 Å². The zero-order chi connectivity index (χ0) is 15.8. The summed E-state index contributed by atoms with van der Waals surface area (Å²) in [7, 11) is 0. The molecule has 1 aliphatic carbocycles. The number of aromatic nitrogens is 2. The third-order valence-electron chi connectivity index (χ3n) is 4.88. The van der Waals surface area contributed by atoms with E-state index < -0.39 is 52.6 Å². The smallest absolute Gasteiger partial charge is 0.330 e. The maximum absolute atomic E-state index is 13.4. The number of rotatable bonds is 2. The molecule has 9 heteroatoms. The molecule has 1 saturated carbocycles. The molecule has 8 nitrogen and oxygen atoms in total. The molecule has 0 spiro atoms. The van der Waals surface area contributed by atoms with Gasteiger partial charge in [-0.3, -0.25) is 14.3 Å². The van der Waals surface area contributed by atoms with Gasteiger partial charge < -0.3 is 20.1 Å². The molecular formula is C12H15FN2O6. The van der Waals surface area contributed by atoms with E-state index >= 15 is 0 Å². The van der Waals surface area contributed by atoms with Crippen LogP contribution in [0.5, 0.6) is 0 Å². The molecule has 2 fully saturated rings. The van der Waals surface area contributed by atoms with Crippen LogP contribution in [0.3, 0.4) is 0 Å². The zero-order valence-electron chi connectivity index (χ0n) is 11.3. The van der Waals surface area contributed by atoms with Gasteiger partial charge in [-0.15, -0.1) is 0 Å². The predicted molar refractivity (Wildman–Crippen MR) is 66.0 cm³/mol. The molecule has 4 atom stereocenters. The fourth-order valence-corrected chi connectivity index (χ4v) is 3.47. The molecule has 2 aliphatic rings. The van der Waals surface area contributed by atoms with Crippen LogP contribution in [0.15, 0.2) is 15.8 Å². The molecule has 0 aromatic carbocycles. The first-order valence-electron chi connectivity index (χ1n) is 6.35. The van der Waals surface area contributed by atoms with Gasteiger partial charge in [0.15, 0.2) is 6.23 Å². The molecule has 0 bridgehead atoms. The van der Waals surface area contributed by atoms with E-state index in [0.29, 0.717) is 10.8 Å². The number of fused-ring (bicyclic) bond motifs is 1. The Labute approximate surface area is 117 Å². The van der Waals surface area contributed by atoms with Gasteiger partial charge in [0, 0.05) is 5.41 Å². The van der Waals surface area contributed by atoms with Crippen LogP contribution in [0.2, 0.25) is 0 Å². The van der Waals surface area contributed by atoms with E-state index in [4.69, 9.17) is 4.74 Å². The van der Waals surface area contributed by atoms with Gasteiger partial charge in [0.25, 0.3) is 5.56 Å². The van der Waals surface area contributed by atoms with E-state index in [9.17, 15) is 29.3 Å². The minimum atomic E-state index is -1.89. The van der Waals surface area contributed by atoms with E-state index in [-0.39, 0.29) is 0 Å². The van der Waals surface area contributed by atoms with Crippen molar-refractivity contribution in [3.8, 4) is 0 Å². The summed E-state index contributed by atoms with van der Waals surface area (Å²) in [5.41, 5.74) is -6.91. The summed E-state index contributed by atoms with van der Waals surface area (Å²) < 4.78 is 19.4. The average Bonchev–Trinajstić information content (AvgIpc) is 2.65. The number of aromatic amines is 1. The number of ether oxygens (including phenoxy) is 1. The topological polar surface area (TPSA) is 125 Å². The lowest BCUT2D eigenvalue weighted by atomic mass is 10.0. The number of nitrogens with one attached hydrogen (secondary N) is 1. The van der Waals surface area contributed by atoms with Crippen LogP contribution in [0, 0.1) is 11.2 Å². The number of nitrogens with zero attached hydrogens (tertiary/aromatic N) is 1. The molecule has 3 rings (SSSR count). The van der Waals surface area contributed by atoms with E-state index in [2.05, 4.69) is 0 Å². The zero-order valence-corrected chi connectivity index (χ0v) is 11.3.